The van der Waals surface area contributed by atoms with Crippen molar-refractivity contribution in [2.45, 2.75) is 13.5 Å². The van der Waals surface area contributed by atoms with Gasteiger partial charge in [0.15, 0.2) is 5.75 Å². The highest BCUT2D eigenvalue weighted by Gasteiger charge is 2.18. The molecule has 0 fully saturated rings. The Morgan fingerprint density at radius 2 is 2.17 bits per heavy atom. The second kappa shape index (κ2) is 5.49. The summed E-state index contributed by atoms with van der Waals surface area (Å²) in [6.45, 7) is 2.04. The first-order valence-electron chi connectivity index (χ1n) is 5.19. The first kappa shape index (κ1) is 13.0. The fourth-order valence-corrected chi connectivity index (χ4v) is 2.96. The van der Waals surface area contributed by atoms with Crippen LogP contribution in [0.4, 0.5) is 5.69 Å². The van der Waals surface area contributed by atoms with Gasteiger partial charge in [-0.15, -0.1) is 11.3 Å². The smallest absolute Gasteiger partial charge is 0.313 e. The summed E-state index contributed by atoms with van der Waals surface area (Å²) in [5.41, 5.74) is 0.637. The molecule has 0 bridgehead atoms. The summed E-state index contributed by atoms with van der Waals surface area (Å²) < 4.78 is 6.54. The summed E-state index contributed by atoms with van der Waals surface area (Å²) in [5.74, 6) is 0.310. The van der Waals surface area contributed by atoms with Crippen LogP contribution < -0.4 is 4.74 Å². The molecule has 1 heterocycles. The van der Waals surface area contributed by atoms with Gasteiger partial charge in [-0.3, -0.25) is 10.1 Å². The van der Waals surface area contributed by atoms with Crippen LogP contribution in [-0.4, -0.2) is 4.92 Å². The van der Waals surface area contributed by atoms with E-state index in [9.17, 15) is 10.1 Å². The van der Waals surface area contributed by atoms with Crippen LogP contribution in [0.1, 0.15) is 10.4 Å². The molecule has 0 aliphatic rings. The Morgan fingerprint density at radius 1 is 1.39 bits per heavy atom. The third-order valence-corrected chi connectivity index (χ3v) is 3.98. The number of benzene rings is 1. The van der Waals surface area contributed by atoms with E-state index < -0.39 is 4.92 Å². The predicted molar refractivity (Wildman–Crippen MR) is 74.2 cm³/mol. The van der Waals surface area contributed by atoms with E-state index in [1.54, 1.807) is 36.5 Å². The van der Waals surface area contributed by atoms with Crippen molar-refractivity contribution in [3.63, 3.8) is 0 Å². The van der Waals surface area contributed by atoms with Crippen molar-refractivity contribution in [3.8, 4) is 5.75 Å². The molecule has 0 saturated heterocycles. The minimum absolute atomic E-state index is 0.0353. The highest BCUT2D eigenvalue weighted by atomic mass is 79.9. The van der Waals surface area contributed by atoms with Crippen LogP contribution in [0.5, 0.6) is 5.75 Å². The number of aryl methyl sites for hydroxylation is 1. The first-order chi connectivity index (χ1) is 8.58. The van der Waals surface area contributed by atoms with E-state index in [4.69, 9.17) is 4.74 Å². The number of nitro benzene ring substituents is 1. The Labute approximate surface area is 116 Å². The van der Waals surface area contributed by atoms with Crippen LogP contribution in [0.3, 0.4) is 0 Å². The topological polar surface area (TPSA) is 52.4 Å². The molecule has 0 atom stereocenters. The summed E-state index contributed by atoms with van der Waals surface area (Å²) in [6, 6.07) is 8.92. The monoisotopic (exact) mass is 327 g/mol. The van der Waals surface area contributed by atoms with Crippen molar-refractivity contribution in [2.24, 2.45) is 0 Å². The molecule has 0 radical (unpaired) electrons. The van der Waals surface area contributed by atoms with Crippen LogP contribution in [0.2, 0.25) is 0 Å². The molecule has 0 unspecified atom stereocenters. The fraction of sp³-hybridized carbons (Fsp3) is 0.167. The third-order valence-electron chi connectivity index (χ3n) is 2.38. The Balaban J connectivity index is 2.19. The maximum absolute atomic E-state index is 11.0. The molecule has 18 heavy (non-hydrogen) atoms. The van der Waals surface area contributed by atoms with E-state index in [-0.39, 0.29) is 5.69 Å². The van der Waals surface area contributed by atoms with E-state index in [1.165, 1.54) is 0 Å². The fourth-order valence-electron chi connectivity index (χ4n) is 1.56. The van der Waals surface area contributed by atoms with Gasteiger partial charge < -0.3 is 4.74 Å². The molecule has 2 aromatic rings. The van der Waals surface area contributed by atoms with Crippen molar-refractivity contribution in [3.05, 3.63) is 54.7 Å². The molecule has 6 heteroatoms. The van der Waals surface area contributed by atoms with Crippen molar-refractivity contribution >= 4 is 33.0 Å². The molecule has 0 saturated carbocycles. The van der Waals surface area contributed by atoms with E-state index >= 15 is 0 Å². The molecule has 94 valence electrons. The lowest BCUT2D eigenvalue weighted by Gasteiger charge is -2.06. The molecule has 0 aliphatic carbocycles. The van der Waals surface area contributed by atoms with Gasteiger partial charge in [-0.25, -0.2) is 0 Å². The van der Waals surface area contributed by atoms with Crippen molar-refractivity contribution in [1.29, 1.82) is 0 Å². The van der Waals surface area contributed by atoms with Gasteiger partial charge in [0.25, 0.3) is 0 Å². The largest absolute Gasteiger partial charge is 0.481 e. The van der Waals surface area contributed by atoms with E-state index in [1.807, 2.05) is 12.1 Å². The minimum atomic E-state index is -0.408. The number of rotatable bonds is 4. The quantitative estimate of drug-likeness (QED) is 0.621. The van der Waals surface area contributed by atoms with Crippen LogP contribution in [-0.2, 0) is 6.61 Å². The Morgan fingerprint density at radius 3 is 2.78 bits per heavy atom. The van der Waals surface area contributed by atoms with Crippen molar-refractivity contribution in [2.75, 3.05) is 0 Å². The number of nitro groups is 1. The summed E-state index contributed by atoms with van der Waals surface area (Å²) in [4.78, 5) is 11.6. The summed E-state index contributed by atoms with van der Waals surface area (Å²) in [7, 11) is 0. The van der Waals surface area contributed by atoms with Crippen LogP contribution in [0.15, 0.2) is 34.1 Å². The molecular weight excluding hydrogens is 318 g/mol. The Kier molecular flexibility index (Phi) is 3.98. The molecule has 0 aliphatic heterocycles. The molecule has 4 nitrogen and oxygen atoms in total. The van der Waals surface area contributed by atoms with E-state index in [2.05, 4.69) is 15.9 Å². The van der Waals surface area contributed by atoms with Gasteiger partial charge in [-0.2, -0.15) is 0 Å². The van der Waals surface area contributed by atoms with Crippen LogP contribution >= 0.6 is 27.3 Å². The number of ether oxygens (including phenoxy) is 1. The van der Waals surface area contributed by atoms with Crippen molar-refractivity contribution < 1.29 is 9.66 Å². The molecule has 0 amide bonds. The van der Waals surface area contributed by atoms with Gasteiger partial charge in [0, 0.05) is 10.4 Å². The molecule has 0 N–H and O–H groups in total. The van der Waals surface area contributed by atoms with Gasteiger partial charge in [0.1, 0.15) is 6.61 Å². The zero-order chi connectivity index (χ0) is 13.1. The number of para-hydroxylation sites is 1. The summed E-state index contributed by atoms with van der Waals surface area (Å²) >= 11 is 4.91. The highest BCUT2D eigenvalue weighted by Crippen LogP contribution is 2.31. The second-order valence-electron chi connectivity index (χ2n) is 3.67. The minimum Gasteiger partial charge on any atom is -0.481 e. The number of nitrogens with zero attached hydrogens (tertiary/aromatic N) is 1. The predicted octanol–water partition coefficient (Wildman–Crippen LogP) is 4.31. The average Bonchev–Trinajstić information content (AvgIpc) is 2.72. The van der Waals surface area contributed by atoms with Gasteiger partial charge in [-0.05, 0) is 41.1 Å². The second-order valence-corrected chi connectivity index (χ2v) is 6.22. The van der Waals surface area contributed by atoms with Crippen LogP contribution in [0, 0.1) is 17.0 Å². The van der Waals surface area contributed by atoms with Crippen molar-refractivity contribution in [1.82, 2.24) is 0 Å². The van der Waals surface area contributed by atoms with E-state index in [0.717, 1.165) is 8.66 Å². The number of thiophene rings is 1. The van der Waals surface area contributed by atoms with Gasteiger partial charge >= 0.3 is 5.69 Å². The van der Waals surface area contributed by atoms with Crippen LogP contribution in [0.25, 0.3) is 0 Å². The lowest BCUT2D eigenvalue weighted by Crippen LogP contribution is -1.99. The SMILES string of the molecule is Cc1cccc(OCc2ccc(Br)s2)c1[N+](=O)[O-]. The Bertz CT molecular complexity index is 582. The maximum atomic E-state index is 11.0. The first-order valence-corrected chi connectivity index (χ1v) is 6.80. The van der Waals surface area contributed by atoms with E-state index in [0.29, 0.717) is 17.9 Å². The zero-order valence-electron chi connectivity index (χ0n) is 9.55. The molecule has 1 aromatic carbocycles. The highest BCUT2D eigenvalue weighted by molar-refractivity contribution is 9.11. The standard InChI is InChI=1S/C12H10BrNO3S/c1-8-3-2-4-10(12(8)14(15)16)17-7-9-5-6-11(13)18-9/h2-6H,7H2,1H3. The lowest BCUT2D eigenvalue weighted by atomic mass is 10.2. The normalized spacial score (nSPS) is 10.3. The lowest BCUT2D eigenvalue weighted by molar-refractivity contribution is -0.386. The maximum Gasteiger partial charge on any atom is 0.313 e. The van der Waals surface area contributed by atoms with Gasteiger partial charge in [-0.1, -0.05) is 12.1 Å². The molecular formula is C12H10BrNO3S. The summed E-state index contributed by atoms with van der Waals surface area (Å²) in [6.07, 6.45) is 0. The zero-order valence-corrected chi connectivity index (χ0v) is 12.0. The average molecular weight is 328 g/mol. The van der Waals surface area contributed by atoms with Gasteiger partial charge in [0.05, 0.1) is 8.71 Å². The number of hydrogen-bond donors (Lipinski definition) is 0. The van der Waals surface area contributed by atoms with Gasteiger partial charge in [0.2, 0.25) is 0 Å². The third kappa shape index (κ3) is 2.88. The molecule has 1 aromatic heterocycles. The number of halogens is 1. The Hall–Kier alpha value is -1.40. The summed E-state index contributed by atoms with van der Waals surface area (Å²) in [5, 5.41) is 11.0. The number of hydrogen-bond acceptors (Lipinski definition) is 4. The molecule has 0 spiro atoms. The molecule has 2 rings (SSSR count).